The summed E-state index contributed by atoms with van der Waals surface area (Å²) in [7, 11) is 1.94. The molecule has 4 rings (SSSR count). The Hall–Kier alpha value is -2.91. The fourth-order valence-electron chi connectivity index (χ4n) is 2.71. The van der Waals surface area contributed by atoms with Crippen LogP contribution in [0.25, 0.3) is 22.0 Å². The Morgan fingerprint density at radius 2 is 2.04 bits per heavy atom. The lowest BCUT2D eigenvalue weighted by Crippen LogP contribution is -2.10. The molecule has 2 N–H and O–H groups in total. The number of hydrogen-bond donors (Lipinski definition) is 1. The molecule has 0 fully saturated rings. The number of benzene rings is 1. The summed E-state index contributed by atoms with van der Waals surface area (Å²) in [5.74, 6) is 1.85. The van der Waals surface area contributed by atoms with Crippen molar-refractivity contribution in [3.05, 3.63) is 59.0 Å². The molecule has 0 atom stereocenters. The Bertz CT molecular complexity index is 1130. The minimum atomic E-state index is -0.434. The highest BCUT2D eigenvalue weighted by Crippen LogP contribution is 2.29. The third-order valence-electron chi connectivity index (χ3n) is 4.25. The minimum Gasteiger partial charge on any atom is -0.469 e. The number of primary amides is 1. The number of thioether (sulfide) groups is 1. The summed E-state index contributed by atoms with van der Waals surface area (Å²) < 4.78 is 7.31. The van der Waals surface area contributed by atoms with Crippen LogP contribution in [0.1, 0.15) is 21.8 Å². The average molecular weight is 412 g/mol. The summed E-state index contributed by atoms with van der Waals surface area (Å²) in [6.45, 7) is 1.91. The fourth-order valence-corrected chi connectivity index (χ4v) is 4.45. The molecule has 0 unspecified atom stereocenters. The van der Waals surface area contributed by atoms with E-state index < -0.39 is 5.91 Å². The highest BCUT2D eigenvalue weighted by atomic mass is 32.2. The topological polar surface area (TPSA) is 99.8 Å². The van der Waals surface area contributed by atoms with E-state index in [1.165, 1.54) is 0 Å². The van der Waals surface area contributed by atoms with Gasteiger partial charge in [0, 0.05) is 29.3 Å². The molecule has 28 heavy (non-hydrogen) atoms. The molecular weight excluding hydrogens is 394 g/mol. The molecule has 1 amide bonds. The third kappa shape index (κ3) is 3.58. The number of aromatic nitrogens is 4. The van der Waals surface area contributed by atoms with Crippen molar-refractivity contribution in [2.24, 2.45) is 12.8 Å². The molecule has 0 spiro atoms. The van der Waals surface area contributed by atoms with Gasteiger partial charge in [0.15, 0.2) is 11.0 Å². The Morgan fingerprint density at radius 1 is 1.25 bits per heavy atom. The van der Waals surface area contributed by atoms with Crippen molar-refractivity contribution in [3.8, 4) is 22.0 Å². The Morgan fingerprint density at radius 3 is 2.71 bits per heavy atom. The molecule has 0 saturated carbocycles. The highest BCUT2D eigenvalue weighted by molar-refractivity contribution is 7.98. The quantitative estimate of drug-likeness (QED) is 0.483. The second-order valence-electron chi connectivity index (χ2n) is 6.13. The number of nitrogens with two attached hydrogens (primary N) is 1. The second kappa shape index (κ2) is 7.61. The average Bonchev–Trinajstić information content (AvgIpc) is 3.41. The third-order valence-corrected chi connectivity index (χ3v) is 6.25. The molecule has 0 aliphatic carbocycles. The van der Waals surface area contributed by atoms with Crippen LogP contribution in [0.3, 0.4) is 0 Å². The van der Waals surface area contributed by atoms with Gasteiger partial charge in [0.1, 0.15) is 10.8 Å². The van der Waals surface area contributed by atoms with Gasteiger partial charge in [-0.15, -0.1) is 21.5 Å². The standard InChI is InChI=1S/C19H17N5O2S2/c1-11-15(7-8-26-11)17-22-23-19(24(17)2)28-10-14-9-27-18(21-14)13-5-3-12(4-6-13)16(20)25/h3-9H,10H2,1-2H3,(H2,20,25). The first-order valence-corrected chi connectivity index (χ1v) is 10.3. The van der Waals surface area contributed by atoms with E-state index in [1.807, 2.05) is 42.1 Å². The number of furan rings is 1. The Kier molecular flexibility index (Phi) is 5.01. The lowest BCUT2D eigenvalue weighted by atomic mass is 10.1. The van der Waals surface area contributed by atoms with Gasteiger partial charge in [0.2, 0.25) is 5.91 Å². The number of carbonyl (C=O) groups excluding carboxylic acids is 1. The minimum absolute atomic E-state index is 0.434. The van der Waals surface area contributed by atoms with Crippen LogP contribution in [-0.2, 0) is 12.8 Å². The molecule has 7 nitrogen and oxygen atoms in total. The molecule has 0 aliphatic heterocycles. The first kappa shape index (κ1) is 18.5. The fraction of sp³-hybridized carbons (Fsp3) is 0.158. The van der Waals surface area contributed by atoms with E-state index in [0.717, 1.165) is 38.6 Å². The van der Waals surface area contributed by atoms with Crippen LogP contribution in [-0.4, -0.2) is 25.7 Å². The van der Waals surface area contributed by atoms with E-state index >= 15 is 0 Å². The maximum Gasteiger partial charge on any atom is 0.248 e. The van der Waals surface area contributed by atoms with Gasteiger partial charge < -0.3 is 14.7 Å². The van der Waals surface area contributed by atoms with Crippen LogP contribution in [0, 0.1) is 6.92 Å². The van der Waals surface area contributed by atoms with Gasteiger partial charge >= 0.3 is 0 Å². The number of thiazole rings is 1. The molecule has 9 heteroatoms. The summed E-state index contributed by atoms with van der Waals surface area (Å²) in [4.78, 5) is 15.9. The smallest absolute Gasteiger partial charge is 0.248 e. The molecule has 3 aromatic heterocycles. The van der Waals surface area contributed by atoms with Crippen LogP contribution in [0.5, 0.6) is 0 Å². The van der Waals surface area contributed by atoms with Crippen LogP contribution in [0.4, 0.5) is 0 Å². The van der Waals surface area contributed by atoms with Gasteiger partial charge in [0.25, 0.3) is 0 Å². The Labute approximate surface area is 169 Å². The number of nitrogens with zero attached hydrogens (tertiary/aromatic N) is 4. The maximum absolute atomic E-state index is 11.2. The molecule has 1 aromatic carbocycles. The van der Waals surface area contributed by atoms with Crippen LogP contribution >= 0.6 is 23.1 Å². The molecule has 0 radical (unpaired) electrons. The van der Waals surface area contributed by atoms with Crippen molar-refractivity contribution in [2.45, 2.75) is 17.8 Å². The van der Waals surface area contributed by atoms with Crippen molar-refractivity contribution < 1.29 is 9.21 Å². The lowest BCUT2D eigenvalue weighted by Gasteiger charge is -2.02. The van der Waals surface area contributed by atoms with Gasteiger partial charge in [-0.1, -0.05) is 23.9 Å². The molecule has 0 aliphatic rings. The van der Waals surface area contributed by atoms with Crippen LogP contribution in [0.15, 0.2) is 51.5 Å². The van der Waals surface area contributed by atoms with Gasteiger partial charge in [-0.05, 0) is 25.1 Å². The first-order chi connectivity index (χ1) is 13.5. The van der Waals surface area contributed by atoms with Crippen molar-refractivity contribution in [3.63, 3.8) is 0 Å². The van der Waals surface area contributed by atoms with Crippen LogP contribution < -0.4 is 5.73 Å². The monoisotopic (exact) mass is 411 g/mol. The molecule has 142 valence electrons. The first-order valence-electron chi connectivity index (χ1n) is 8.44. The molecule has 3 heterocycles. The summed E-state index contributed by atoms with van der Waals surface area (Å²) >= 11 is 3.15. The number of aryl methyl sites for hydroxylation is 1. The van der Waals surface area contributed by atoms with Gasteiger partial charge in [-0.3, -0.25) is 4.79 Å². The summed E-state index contributed by atoms with van der Waals surface area (Å²) in [5.41, 5.74) is 8.64. The zero-order chi connectivity index (χ0) is 19.7. The lowest BCUT2D eigenvalue weighted by molar-refractivity contribution is 0.100. The van der Waals surface area contributed by atoms with E-state index in [1.54, 1.807) is 41.5 Å². The number of amides is 1. The van der Waals surface area contributed by atoms with Crippen molar-refractivity contribution >= 4 is 29.0 Å². The molecular formula is C19H17N5O2S2. The van der Waals surface area contributed by atoms with Crippen molar-refractivity contribution in [1.82, 2.24) is 19.7 Å². The summed E-state index contributed by atoms with van der Waals surface area (Å²) in [6.07, 6.45) is 1.65. The van der Waals surface area contributed by atoms with Crippen molar-refractivity contribution in [1.29, 1.82) is 0 Å². The predicted molar refractivity (Wildman–Crippen MR) is 109 cm³/mol. The number of rotatable bonds is 6. The van der Waals surface area contributed by atoms with Gasteiger partial charge in [0.05, 0.1) is 17.5 Å². The highest BCUT2D eigenvalue weighted by Gasteiger charge is 2.15. The summed E-state index contributed by atoms with van der Waals surface area (Å²) in [5, 5.41) is 12.3. The van der Waals surface area contributed by atoms with E-state index in [4.69, 9.17) is 10.2 Å². The zero-order valence-corrected chi connectivity index (χ0v) is 16.9. The SMILES string of the molecule is Cc1occc1-c1nnc(SCc2csc(-c3ccc(C(N)=O)cc3)n2)n1C. The van der Waals surface area contributed by atoms with Gasteiger partial charge in [-0.25, -0.2) is 4.98 Å². The van der Waals surface area contributed by atoms with E-state index in [0.29, 0.717) is 11.3 Å². The number of hydrogen-bond acceptors (Lipinski definition) is 7. The predicted octanol–water partition coefficient (Wildman–Crippen LogP) is 3.90. The van der Waals surface area contributed by atoms with E-state index in [2.05, 4.69) is 15.2 Å². The van der Waals surface area contributed by atoms with Crippen LogP contribution in [0.2, 0.25) is 0 Å². The second-order valence-corrected chi connectivity index (χ2v) is 7.93. The zero-order valence-electron chi connectivity index (χ0n) is 15.2. The molecule has 4 aromatic rings. The molecule has 0 saturated heterocycles. The van der Waals surface area contributed by atoms with E-state index in [9.17, 15) is 4.79 Å². The number of carbonyl (C=O) groups is 1. The molecule has 0 bridgehead atoms. The van der Waals surface area contributed by atoms with E-state index in [-0.39, 0.29) is 0 Å². The summed E-state index contributed by atoms with van der Waals surface area (Å²) in [6, 6.07) is 9.04. The van der Waals surface area contributed by atoms with Gasteiger partial charge in [-0.2, -0.15) is 0 Å². The maximum atomic E-state index is 11.2. The largest absolute Gasteiger partial charge is 0.469 e. The van der Waals surface area contributed by atoms with Crippen molar-refractivity contribution in [2.75, 3.05) is 0 Å². The normalized spacial score (nSPS) is 11.1. The Balaban J connectivity index is 1.46.